The zero-order valence-electron chi connectivity index (χ0n) is 14.3. The predicted molar refractivity (Wildman–Crippen MR) is 92.6 cm³/mol. The molecule has 1 N–H and O–H groups in total. The molecule has 1 saturated heterocycles. The molecule has 0 radical (unpaired) electrons. The molecule has 0 unspecified atom stereocenters. The van der Waals surface area contributed by atoms with Gasteiger partial charge in [-0.2, -0.15) is 0 Å². The van der Waals surface area contributed by atoms with Gasteiger partial charge in [-0.25, -0.2) is 4.79 Å². The van der Waals surface area contributed by atoms with Crippen LogP contribution in [0.3, 0.4) is 0 Å². The average Bonchev–Trinajstić information content (AvgIpc) is 2.82. The van der Waals surface area contributed by atoms with Crippen LogP contribution in [-0.4, -0.2) is 48.4 Å². The fraction of sp³-hybridized carbons (Fsp3) is 0.529. The Morgan fingerprint density at radius 1 is 1.36 bits per heavy atom. The Morgan fingerprint density at radius 3 is 2.88 bits per heavy atom. The number of nitrogens with zero attached hydrogens (tertiary/aromatic N) is 2. The zero-order valence-corrected chi connectivity index (χ0v) is 14.3. The lowest BCUT2D eigenvalue weighted by atomic mass is 10.1. The monoisotopic (exact) mass is 349 g/mol. The van der Waals surface area contributed by atoms with Crippen molar-refractivity contribution in [2.24, 2.45) is 0 Å². The molecule has 1 fully saturated rings. The molecule has 136 valence electrons. The van der Waals surface area contributed by atoms with Crippen LogP contribution in [0, 0.1) is 10.1 Å². The summed E-state index contributed by atoms with van der Waals surface area (Å²) in [6, 6.07) is 4.04. The number of hydrogen-bond acceptors (Lipinski definition) is 6. The van der Waals surface area contributed by atoms with E-state index < -0.39 is 10.9 Å². The number of non-ortho nitro benzene ring substituents is 1. The van der Waals surface area contributed by atoms with E-state index in [1.807, 2.05) is 4.90 Å². The molecule has 1 heterocycles. The van der Waals surface area contributed by atoms with Crippen molar-refractivity contribution < 1.29 is 19.2 Å². The van der Waals surface area contributed by atoms with Gasteiger partial charge >= 0.3 is 5.97 Å². The minimum Gasteiger partial charge on any atom is -0.465 e. The highest BCUT2D eigenvalue weighted by Crippen LogP contribution is 2.23. The second-order valence-corrected chi connectivity index (χ2v) is 5.95. The summed E-state index contributed by atoms with van der Waals surface area (Å²) < 4.78 is 4.69. The first-order valence-corrected chi connectivity index (χ1v) is 8.41. The highest BCUT2D eigenvalue weighted by atomic mass is 16.6. The second kappa shape index (κ2) is 9.00. The summed E-state index contributed by atoms with van der Waals surface area (Å²) >= 11 is 0. The maximum Gasteiger partial charge on any atom is 0.340 e. The lowest BCUT2D eigenvalue weighted by molar-refractivity contribution is -0.384. The summed E-state index contributed by atoms with van der Waals surface area (Å²) in [6.45, 7) is 2.00. The van der Waals surface area contributed by atoms with E-state index in [1.165, 1.54) is 25.3 Å². The number of rotatable bonds is 7. The number of ether oxygens (including phenoxy) is 1. The molecule has 8 heteroatoms. The highest BCUT2D eigenvalue weighted by Gasteiger charge is 2.18. The largest absolute Gasteiger partial charge is 0.465 e. The normalized spacial score (nSPS) is 14.8. The van der Waals surface area contributed by atoms with E-state index in [0.29, 0.717) is 25.2 Å². The molecule has 0 bridgehead atoms. The number of carbonyl (C=O) groups excluding carboxylic acids is 2. The summed E-state index contributed by atoms with van der Waals surface area (Å²) in [6.07, 6.45) is 4.42. The van der Waals surface area contributed by atoms with E-state index in [-0.39, 0.29) is 17.2 Å². The summed E-state index contributed by atoms with van der Waals surface area (Å²) in [4.78, 5) is 36.0. The van der Waals surface area contributed by atoms with Crippen molar-refractivity contribution in [3.63, 3.8) is 0 Å². The van der Waals surface area contributed by atoms with Gasteiger partial charge in [0.25, 0.3) is 5.69 Å². The molecule has 2 rings (SSSR count). The average molecular weight is 349 g/mol. The molecule has 25 heavy (non-hydrogen) atoms. The molecule has 1 aliphatic heterocycles. The number of carbonyl (C=O) groups is 2. The van der Waals surface area contributed by atoms with E-state index in [9.17, 15) is 19.7 Å². The van der Waals surface area contributed by atoms with E-state index in [1.54, 1.807) is 0 Å². The van der Waals surface area contributed by atoms with Gasteiger partial charge in [0, 0.05) is 43.9 Å². The molecule has 0 aromatic heterocycles. The smallest absolute Gasteiger partial charge is 0.340 e. The minimum atomic E-state index is -0.631. The summed E-state index contributed by atoms with van der Waals surface area (Å²) in [7, 11) is 1.23. The molecule has 1 aliphatic rings. The minimum absolute atomic E-state index is 0.127. The predicted octanol–water partition coefficient (Wildman–Crippen LogP) is 2.59. The van der Waals surface area contributed by atoms with E-state index in [0.717, 1.165) is 32.2 Å². The van der Waals surface area contributed by atoms with Gasteiger partial charge in [0.05, 0.1) is 17.6 Å². The SMILES string of the molecule is COC(=O)c1cc([N+](=O)[O-])ccc1NCCCN1CCCCCC1=O. The first-order valence-electron chi connectivity index (χ1n) is 8.41. The van der Waals surface area contributed by atoms with Gasteiger partial charge in [-0.3, -0.25) is 14.9 Å². The van der Waals surface area contributed by atoms with Crippen LogP contribution in [0.5, 0.6) is 0 Å². The number of hydrogen-bond donors (Lipinski definition) is 1. The number of nitro benzene ring substituents is 1. The lowest BCUT2D eigenvalue weighted by Crippen LogP contribution is -2.32. The first kappa shape index (κ1) is 18.7. The Bertz CT molecular complexity index is 647. The molecule has 0 atom stereocenters. The van der Waals surface area contributed by atoms with Crippen molar-refractivity contribution in [2.45, 2.75) is 32.1 Å². The molecule has 1 aromatic carbocycles. The topological polar surface area (TPSA) is 102 Å². The third kappa shape index (κ3) is 5.17. The number of likely N-dealkylation sites (tertiary alicyclic amines) is 1. The number of benzene rings is 1. The van der Waals surface area contributed by atoms with Gasteiger partial charge in [-0.05, 0) is 25.3 Å². The number of methoxy groups -OCH3 is 1. The van der Waals surface area contributed by atoms with Crippen molar-refractivity contribution >= 4 is 23.3 Å². The van der Waals surface area contributed by atoms with Gasteiger partial charge in [-0.15, -0.1) is 0 Å². The number of anilines is 1. The van der Waals surface area contributed by atoms with Crippen LogP contribution in [0.2, 0.25) is 0 Å². The van der Waals surface area contributed by atoms with Crippen LogP contribution in [0.1, 0.15) is 42.5 Å². The molecule has 0 saturated carbocycles. The number of nitro groups is 1. The molecule has 0 spiro atoms. The Labute approximate surface area is 146 Å². The Morgan fingerprint density at radius 2 is 2.16 bits per heavy atom. The number of esters is 1. The van der Waals surface area contributed by atoms with Crippen molar-refractivity contribution in [3.05, 3.63) is 33.9 Å². The Kier molecular flexibility index (Phi) is 6.73. The second-order valence-electron chi connectivity index (χ2n) is 5.95. The van der Waals surface area contributed by atoms with Crippen molar-refractivity contribution in [1.29, 1.82) is 0 Å². The summed E-state index contributed by atoms with van der Waals surface area (Å²) in [5.41, 5.74) is 0.448. The third-order valence-corrected chi connectivity index (χ3v) is 4.21. The fourth-order valence-electron chi connectivity index (χ4n) is 2.85. The summed E-state index contributed by atoms with van der Waals surface area (Å²) in [5.74, 6) is -0.433. The van der Waals surface area contributed by atoms with Gasteiger partial charge < -0.3 is 15.0 Å². The van der Waals surface area contributed by atoms with Crippen LogP contribution < -0.4 is 5.32 Å². The van der Waals surface area contributed by atoms with Crippen molar-refractivity contribution in [1.82, 2.24) is 4.90 Å². The van der Waals surface area contributed by atoms with Crippen molar-refractivity contribution in [2.75, 3.05) is 32.1 Å². The highest BCUT2D eigenvalue weighted by molar-refractivity contribution is 5.96. The molecular weight excluding hydrogens is 326 g/mol. The summed E-state index contributed by atoms with van der Waals surface area (Å²) in [5, 5.41) is 14.0. The number of nitrogens with one attached hydrogen (secondary N) is 1. The van der Waals surface area contributed by atoms with Gasteiger partial charge in [0.2, 0.25) is 5.91 Å². The van der Waals surface area contributed by atoms with E-state index in [4.69, 9.17) is 0 Å². The van der Waals surface area contributed by atoms with Crippen LogP contribution in [-0.2, 0) is 9.53 Å². The molecule has 1 amide bonds. The Balaban J connectivity index is 1.94. The maximum absolute atomic E-state index is 11.9. The zero-order chi connectivity index (χ0) is 18.2. The van der Waals surface area contributed by atoms with Crippen molar-refractivity contribution in [3.8, 4) is 0 Å². The Hall–Kier alpha value is -2.64. The van der Waals surface area contributed by atoms with E-state index >= 15 is 0 Å². The fourth-order valence-corrected chi connectivity index (χ4v) is 2.85. The van der Waals surface area contributed by atoms with Crippen LogP contribution in [0.25, 0.3) is 0 Å². The molecule has 1 aromatic rings. The van der Waals surface area contributed by atoms with Crippen LogP contribution in [0.15, 0.2) is 18.2 Å². The molecular formula is C17H23N3O5. The maximum atomic E-state index is 11.9. The molecule has 8 nitrogen and oxygen atoms in total. The quantitative estimate of drug-likeness (QED) is 0.351. The van der Waals surface area contributed by atoms with Gasteiger partial charge in [0.1, 0.15) is 0 Å². The van der Waals surface area contributed by atoms with Gasteiger partial charge in [0.15, 0.2) is 0 Å². The number of amides is 1. The molecule has 0 aliphatic carbocycles. The van der Waals surface area contributed by atoms with Crippen LogP contribution in [0.4, 0.5) is 11.4 Å². The van der Waals surface area contributed by atoms with Gasteiger partial charge in [-0.1, -0.05) is 6.42 Å². The standard InChI is InChI=1S/C17H23N3O5/c1-25-17(22)14-12-13(20(23)24)7-8-15(14)18-9-5-11-19-10-4-2-3-6-16(19)21/h7-8,12,18H,2-6,9-11H2,1H3. The third-order valence-electron chi connectivity index (χ3n) is 4.21. The van der Waals surface area contributed by atoms with Crippen LogP contribution >= 0.6 is 0 Å². The lowest BCUT2D eigenvalue weighted by Gasteiger charge is -2.20. The first-order chi connectivity index (χ1) is 12.0. The van der Waals surface area contributed by atoms with E-state index in [2.05, 4.69) is 10.1 Å².